The molecule has 0 N–H and O–H groups in total. The molecule has 1 heteroatoms. The molecule has 1 atom stereocenters. The van der Waals surface area contributed by atoms with Gasteiger partial charge in [-0.1, -0.05) is 32.8 Å². The predicted molar refractivity (Wildman–Crippen MR) is 43.7 cm³/mol. The van der Waals surface area contributed by atoms with Gasteiger partial charge in [-0.05, 0) is 5.92 Å². The first-order valence-corrected chi connectivity index (χ1v) is 3.57. The van der Waals surface area contributed by atoms with E-state index in [4.69, 9.17) is 0 Å². The Morgan fingerprint density at radius 1 is 1.56 bits per heavy atom. The average Bonchev–Trinajstić information content (AvgIpc) is 1.80. The molecule has 0 aromatic carbocycles. The van der Waals surface area contributed by atoms with Crippen molar-refractivity contribution in [2.45, 2.75) is 20.7 Å². The minimum Gasteiger partial charge on any atom is -0.114 e. The van der Waals surface area contributed by atoms with Crippen LogP contribution in [0.1, 0.15) is 13.8 Å². The molecule has 1 heterocycles. The lowest BCUT2D eigenvalue weighted by Crippen LogP contribution is -2.11. The van der Waals surface area contributed by atoms with E-state index < -0.39 is 0 Å². The molecule has 1 aliphatic heterocycles. The van der Waals surface area contributed by atoms with Gasteiger partial charge in [-0.25, -0.2) is 0 Å². The van der Waals surface area contributed by atoms with Crippen LogP contribution in [0.4, 0.5) is 0 Å². The van der Waals surface area contributed by atoms with Crippen molar-refractivity contribution in [1.29, 1.82) is 0 Å². The van der Waals surface area contributed by atoms with Crippen molar-refractivity contribution in [2.24, 2.45) is 5.92 Å². The fraction of sp³-hybridized carbons (Fsp3) is 0.500. The molecule has 0 radical (unpaired) electrons. The van der Waals surface area contributed by atoms with Crippen LogP contribution in [0.15, 0.2) is 23.6 Å². The maximum absolute atomic E-state index is 2.32. The SMILES string of the molecule is CB1C=CC(C)C=C1C. The number of hydrogen-bond acceptors (Lipinski definition) is 0. The predicted octanol–water partition coefficient (Wildman–Crippen LogP) is 2.34. The molecule has 0 aliphatic carbocycles. The van der Waals surface area contributed by atoms with Crippen LogP contribution in [-0.2, 0) is 0 Å². The maximum Gasteiger partial charge on any atom is 0.191 e. The summed E-state index contributed by atoms with van der Waals surface area (Å²) in [5, 5.41) is 0. The minimum atomic E-state index is 0.654. The van der Waals surface area contributed by atoms with Crippen LogP contribution in [0.25, 0.3) is 0 Å². The molecule has 48 valence electrons. The number of hydrogen-bond donors (Lipinski definition) is 0. The van der Waals surface area contributed by atoms with E-state index in [2.05, 4.69) is 38.8 Å². The van der Waals surface area contributed by atoms with E-state index in [9.17, 15) is 0 Å². The quantitative estimate of drug-likeness (QED) is 0.430. The summed E-state index contributed by atoms with van der Waals surface area (Å²) in [5.41, 5.74) is 1.50. The summed E-state index contributed by atoms with van der Waals surface area (Å²) in [6.45, 7) is 7.31. The van der Waals surface area contributed by atoms with Gasteiger partial charge in [-0.3, -0.25) is 0 Å². The summed E-state index contributed by atoms with van der Waals surface area (Å²) >= 11 is 0. The van der Waals surface area contributed by atoms with Crippen LogP contribution >= 0.6 is 0 Å². The van der Waals surface area contributed by atoms with Crippen molar-refractivity contribution in [1.82, 2.24) is 0 Å². The highest BCUT2D eigenvalue weighted by atomic mass is 14.0. The van der Waals surface area contributed by atoms with E-state index in [-0.39, 0.29) is 0 Å². The van der Waals surface area contributed by atoms with Gasteiger partial charge in [-0.15, -0.1) is 11.4 Å². The Morgan fingerprint density at radius 3 is 2.67 bits per heavy atom. The van der Waals surface area contributed by atoms with Crippen molar-refractivity contribution in [3.8, 4) is 0 Å². The molecule has 0 saturated heterocycles. The van der Waals surface area contributed by atoms with Crippen molar-refractivity contribution < 1.29 is 0 Å². The van der Waals surface area contributed by atoms with Gasteiger partial charge >= 0.3 is 0 Å². The molecule has 0 aromatic heterocycles. The summed E-state index contributed by atoms with van der Waals surface area (Å²) in [7, 11) is 0. The zero-order chi connectivity index (χ0) is 6.85. The fourth-order valence-corrected chi connectivity index (χ4v) is 1.12. The van der Waals surface area contributed by atoms with Crippen LogP contribution in [0.5, 0.6) is 0 Å². The van der Waals surface area contributed by atoms with Crippen LogP contribution in [-0.4, -0.2) is 6.71 Å². The highest BCUT2D eigenvalue weighted by molar-refractivity contribution is 6.70. The van der Waals surface area contributed by atoms with Gasteiger partial charge in [-0.2, -0.15) is 0 Å². The standard InChI is InChI=1S/C8H13B/c1-7-4-5-9(3)8(2)6-7/h4-7H,1-3H3. The molecule has 0 amide bonds. The van der Waals surface area contributed by atoms with Crippen LogP contribution in [0, 0.1) is 5.92 Å². The maximum atomic E-state index is 2.32. The van der Waals surface area contributed by atoms with Crippen molar-refractivity contribution in [2.75, 3.05) is 0 Å². The summed E-state index contributed by atoms with van der Waals surface area (Å²) in [5.74, 6) is 2.93. The zero-order valence-corrected chi connectivity index (χ0v) is 6.39. The second kappa shape index (κ2) is 2.42. The first kappa shape index (κ1) is 6.66. The smallest absolute Gasteiger partial charge is 0.114 e. The van der Waals surface area contributed by atoms with Gasteiger partial charge in [0.2, 0.25) is 0 Å². The second-order valence-electron chi connectivity index (χ2n) is 2.94. The van der Waals surface area contributed by atoms with Crippen molar-refractivity contribution >= 4 is 6.71 Å². The van der Waals surface area contributed by atoms with E-state index in [1.807, 2.05) is 0 Å². The Labute approximate surface area is 57.7 Å². The van der Waals surface area contributed by atoms with Crippen LogP contribution < -0.4 is 0 Å². The molecular weight excluding hydrogens is 107 g/mol. The van der Waals surface area contributed by atoms with Gasteiger partial charge in [0.25, 0.3) is 0 Å². The largest absolute Gasteiger partial charge is 0.191 e. The molecule has 0 spiro atoms. The molecule has 1 unspecified atom stereocenters. The molecule has 0 aromatic rings. The van der Waals surface area contributed by atoms with E-state index in [1.54, 1.807) is 0 Å². The molecular formula is C8H13B. The average molecular weight is 120 g/mol. The Morgan fingerprint density at radius 2 is 2.22 bits per heavy atom. The monoisotopic (exact) mass is 120 g/mol. The third kappa shape index (κ3) is 1.47. The summed E-state index contributed by atoms with van der Waals surface area (Å²) in [6.07, 6.45) is 4.59. The minimum absolute atomic E-state index is 0.654. The van der Waals surface area contributed by atoms with Gasteiger partial charge in [0.05, 0.1) is 0 Å². The molecule has 0 fully saturated rings. The lowest BCUT2D eigenvalue weighted by molar-refractivity contribution is 0.929. The zero-order valence-electron chi connectivity index (χ0n) is 6.39. The van der Waals surface area contributed by atoms with E-state index in [0.717, 1.165) is 0 Å². The van der Waals surface area contributed by atoms with Gasteiger partial charge in [0.15, 0.2) is 6.71 Å². The van der Waals surface area contributed by atoms with Crippen LogP contribution in [0.2, 0.25) is 6.82 Å². The van der Waals surface area contributed by atoms with E-state index in [0.29, 0.717) is 12.6 Å². The normalized spacial score (nSPS) is 26.3. The molecule has 0 nitrogen and oxygen atoms in total. The Balaban J connectivity index is 2.70. The fourth-order valence-electron chi connectivity index (χ4n) is 1.12. The van der Waals surface area contributed by atoms with Gasteiger partial charge < -0.3 is 0 Å². The lowest BCUT2D eigenvalue weighted by Gasteiger charge is -2.12. The highest BCUT2D eigenvalue weighted by Gasteiger charge is 2.09. The molecule has 0 bridgehead atoms. The van der Waals surface area contributed by atoms with Crippen molar-refractivity contribution in [3.05, 3.63) is 23.6 Å². The summed E-state index contributed by atoms with van der Waals surface area (Å²) in [4.78, 5) is 0. The Hall–Kier alpha value is -0.455. The molecule has 1 rings (SSSR count). The molecule has 1 aliphatic rings. The summed E-state index contributed by atoms with van der Waals surface area (Å²) in [6, 6.07) is 0. The third-order valence-electron chi connectivity index (χ3n) is 1.95. The number of rotatable bonds is 0. The first-order chi connectivity index (χ1) is 4.20. The van der Waals surface area contributed by atoms with Crippen LogP contribution in [0.3, 0.4) is 0 Å². The van der Waals surface area contributed by atoms with Gasteiger partial charge in [0.1, 0.15) is 0 Å². The Bertz CT molecular complexity index is 156. The van der Waals surface area contributed by atoms with E-state index in [1.165, 1.54) is 5.47 Å². The highest BCUT2D eigenvalue weighted by Crippen LogP contribution is 2.13. The second-order valence-corrected chi connectivity index (χ2v) is 2.94. The molecule has 9 heavy (non-hydrogen) atoms. The summed E-state index contributed by atoms with van der Waals surface area (Å²) < 4.78 is 0. The number of allylic oxidation sites excluding steroid dienone is 3. The topological polar surface area (TPSA) is 0 Å². The van der Waals surface area contributed by atoms with Gasteiger partial charge in [0, 0.05) is 0 Å². The first-order valence-electron chi connectivity index (χ1n) is 3.57. The third-order valence-corrected chi connectivity index (χ3v) is 1.95. The lowest BCUT2D eigenvalue weighted by atomic mass is 9.45. The molecule has 0 saturated carbocycles. The van der Waals surface area contributed by atoms with E-state index >= 15 is 0 Å². The van der Waals surface area contributed by atoms with Crippen molar-refractivity contribution in [3.63, 3.8) is 0 Å². The Kier molecular flexibility index (Phi) is 1.79.